The molecule has 6 nitrogen and oxygen atoms in total. The number of esters is 1. The highest BCUT2D eigenvalue weighted by atomic mass is 79.9. The molecule has 0 saturated heterocycles. The minimum atomic E-state index is -0.774. The molecule has 0 aliphatic carbocycles. The highest BCUT2D eigenvalue weighted by Crippen LogP contribution is 2.35. The van der Waals surface area contributed by atoms with Gasteiger partial charge in [-0.3, -0.25) is 0 Å². The van der Waals surface area contributed by atoms with E-state index >= 15 is 0 Å². The smallest absolute Gasteiger partial charge is 0.338 e. The van der Waals surface area contributed by atoms with Crippen LogP contribution in [0, 0.1) is 0 Å². The summed E-state index contributed by atoms with van der Waals surface area (Å²) in [6.45, 7) is 5.57. The Morgan fingerprint density at radius 3 is 2.76 bits per heavy atom. The van der Waals surface area contributed by atoms with E-state index in [1.54, 1.807) is 26.0 Å². The van der Waals surface area contributed by atoms with Gasteiger partial charge in [-0.25, -0.2) is 9.59 Å². The third-order valence-corrected chi connectivity index (χ3v) is 4.29. The van der Waals surface area contributed by atoms with Crippen molar-refractivity contribution in [3.8, 4) is 5.75 Å². The Morgan fingerprint density at radius 2 is 2.12 bits per heavy atom. The fraction of sp³-hybridized carbons (Fsp3) is 0.444. The van der Waals surface area contributed by atoms with Gasteiger partial charge >= 0.3 is 12.0 Å². The highest BCUT2D eigenvalue weighted by Gasteiger charge is 2.35. The van der Waals surface area contributed by atoms with Gasteiger partial charge in [0.05, 0.1) is 17.7 Å². The van der Waals surface area contributed by atoms with Crippen LogP contribution in [-0.2, 0) is 9.53 Å². The topological polar surface area (TPSA) is 87.7 Å². The van der Waals surface area contributed by atoms with E-state index in [2.05, 4.69) is 26.6 Å². The van der Waals surface area contributed by atoms with Gasteiger partial charge in [0.25, 0.3) is 0 Å². The summed E-state index contributed by atoms with van der Waals surface area (Å²) < 4.78 is 6.11. The molecule has 1 heterocycles. The number of urea groups is 1. The van der Waals surface area contributed by atoms with Gasteiger partial charge in [-0.1, -0.05) is 29.3 Å². The van der Waals surface area contributed by atoms with E-state index in [0.29, 0.717) is 23.3 Å². The average molecular weight is 411 g/mol. The number of carbonyl (C=O) groups is 2. The maximum atomic E-state index is 12.7. The molecule has 7 heteroatoms. The minimum Gasteiger partial charge on any atom is -0.508 e. The first kappa shape index (κ1) is 19.3. The van der Waals surface area contributed by atoms with Crippen LogP contribution in [0.25, 0.3) is 0 Å². The predicted octanol–water partition coefficient (Wildman–Crippen LogP) is 3.90. The van der Waals surface area contributed by atoms with E-state index < -0.39 is 18.0 Å². The number of ether oxygens (including phenoxy) is 1. The van der Waals surface area contributed by atoms with Gasteiger partial charge in [-0.05, 0) is 44.9 Å². The quantitative estimate of drug-likeness (QED) is 0.620. The number of hydrogen-bond donors (Lipinski definition) is 3. The molecule has 1 atom stereocenters. The van der Waals surface area contributed by atoms with Crippen molar-refractivity contribution < 1.29 is 19.4 Å². The summed E-state index contributed by atoms with van der Waals surface area (Å²) in [5, 5.41) is 15.7. The molecule has 0 bridgehead atoms. The maximum Gasteiger partial charge on any atom is 0.338 e. The zero-order valence-electron chi connectivity index (χ0n) is 14.6. The minimum absolute atomic E-state index is 0.0000819. The Labute approximate surface area is 155 Å². The fourth-order valence-corrected chi connectivity index (χ4v) is 3.06. The molecular weight excluding hydrogens is 388 g/mol. The Kier molecular flexibility index (Phi) is 6.47. The molecule has 2 amide bonds. The molecule has 25 heavy (non-hydrogen) atoms. The predicted molar refractivity (Wildman–Crippen MR) is 98.0 cm³/mol. The van der Waals surface area contributed by atoms with Crippen LogP contribution >= 0.6 is 15.9 Å². The summed E-state index contributed by atoms with van der Waals surface area (Å²) in [7, 11) is 0. The third-order valence-electron chi connectivity index (χ3n) is 3.80. The Morgan fingerprint density at radius 1 is 1.40 bits per heavy atom. The number of benzene rings is 1. The van der Waals surface area contributed by atoms with Gasteiger partial charge in [-0.2, -0.15) is 0 Å². The molecule has 0 fully saturated rings. The molecule has 3 N–H and O–H groups in total. The van der Waals surface area contributed by atoms with E-state index in [1.807, 2.05) is 6.92 Å². The summed E-state index contributed by atoms with van der Waals surface area (Å²) in [6, 6.07) is 3.72. The zero-order valence-corrected chi connectivity index (χ0v) is 16.1. The van der Waals surface area contributed by atoms with Crippen molar-refractivity contribution in [2.24, 2.45) is 0 Å². The number of rotatable bonds is 6. The Balaban J connectivity index is 2.54. The number of amides is 2. The lowest BCUT2D eigenvalue weighted by molar-refractivity contribution is -0.143. The van der Waals surface area contributed by atoms with Crippen molar-refractivity contribution in [2.45, 2.75) is 52.2 Å². The second-order valence-corrected chi connectivity index (χ2v) is 7.10. The number of unbranched alkanes of at least 4 members (excludes halogenated alkanes) is 1. The summed E-state index contributed by atoms with van der Waals surface area (Å²) in [5.74, 6) is -0.502. The SMILES string of the molecule is CCCCC1=C(C(=O)OC(C)C)C(c2cc(Br)ccc2O)NC(=O)N1. The highest BCUT2D eigenvalue weighted by molar-refractivity contribution is 9.10. The van der Waals surface area contributed by atoms with E-state index in [4.69, 9.17) is 4.74 Å². The number of hydrogen-bond acceptors (Lipinski definition) is 4. The van der Waals surface area contributed by atoms with Crippen molar-refractivity contribution in [2.75, 3.05) is 0 Å². The molecule has 0 spiro atoms. The van der Waals surface area contributed by atoms with Crippen molar-refractivity contribution in [1.29, 1.82) is 0 Å². The van der Waals surface area contributed by atoms with Gasteiger partial charge < -0.3 is 20.5 Å². The van der Waals surface area contributed by atoms with E-state index in [-0.39, 0.29) is 11.9 Å². The Hall–Kier alpha value is -2.02. The van der Waals surface area contributed by atoms with Crippen LogP contribution in [0.1, 0.15) is 51.6 Å². The number of carbonyl (C=O) groups excluding carboxylic acids is 2. The number of allylic oxidation sites excluding steroid dienone is 1. The third kappa shape index (κ3) is 4.75. The molecule has 0 radical (unpaired) electrons. The number of phenolic OH excluding ortho intramolecular Hbond substituents is 1. The van der Waals surface area contributed by atoms with Crippen molar-refractivity contribution in [1.82, 2.24) is 10.6 Å². The lowest BCUT2D eigenvalue weighted by Crippen LogP contribution is -2.46. The monoisotopic (exact) mass is 410 g/mol. The van der Waals surface area contributed by atoms with E-state index in [9.17, 15) is 14.7 Å². The van der Waals surface area contributed by atoms with E-state index in [1.165, 1.54) is 6.07 Å². The lowest BCUT2D eigenvalue weighted by Gasteiger charge is -2.30. The van der Waals surface area contributed by atoms with Crippen LogP contribution < -0.4 is 10.6 Å². The first-order valence-electron chi connectivity index (χ1n) is 8.33. The fourth-order valence-electron chi connectivity index (χ4n) is 2.68. The van der Waals surface area contributed by atoms with Crippen molar-refractivity contribution in [3.63, 3.8) is 0 Å². The normalized spacial score (nSPS) is 17.3. The van der Waals surface area contributed by atoms with Crippen LogP contribution in [0.4, 0.5) is 4.79 Å². The molecule has 1 aromatic rings. The number of phenols is 1. The molecule has 1 aromatic carbocycles. The summed E-state index contributed by atoms with van der Waals surface area (Å²) >= 11 is 3.36. The second-order valence-electron chi connectivity index (χ2n) is 6.18. The van der Waals surface area contributed by atoms with E-state index in [0.717, 1.165) is 17.3 Å². The number of halogens is 1. The van der Waals surface area contributed by atoms with Crippen LogP contribution in [0.3, 0.4) is 0 Å². The second kappa shape index (κ2) is 8.38. The van der Waals surface area contributed by atoms with Gasteiger partial charge in [0, 0.05) is 15.7 Å². The van der Waals surface area contributed by atoms with Crippen molar-refractivity contribution >= 4 is 27.9 Å². The first-order valence-corrected chi connectivity index (χ1v) is 9.12. The molecule has 0 aromatic heterocycles. The maximum absolute atomic E-state index is 12.7. The summed E-state index contributed by atoms with van der Waals surface area (Å²) in [5.41, 5.74) is 1.31. The van der Waals surface area contributed by atoms with Crippen LogP contribution in [0.15, 0.2) is 33.9 Å². The zero-order chi connectivity index (χ0) is 18.6. The number of nitrogens with one attached hydrogen (secondary N) is 2. The van der Waals surface area contributed by atoms with Gasteiger partial charge in [0.2, 0.25) is 0 Å². The molecule has 1 aliphatic rings. The van der Waals surface area contributed by atoms with Crippen LogP contribution in [-0.4, -0.2) is 23.2 Å². The number of aromatic hydroxyl groups is 1. The average Bonchev–Trinajstić information content (AvgIpc) is 2.53. The van der Waals surface area contributed by atoms with Crippen molar-refractivity contribution in [3.05, 3.63) is 39.5 Å². The molecule has 0 saturated carbocycles. The molecular formula is C18H23BrN2O4. The summed E-state index contributed by atoms with van der Waals surface area (Å²) in [4.78, 5) is 24.8. The lowest BCUT2D eigenvalue weighted by atomic mass is 9.93. The van der Waals surface area contributed by atoms with Crippen LogP contribution in [0.2, 0.25) is 0 Å². The van der Waals surface area contributed by atoms with Gasteiger partial charge in [-0.15, -0.1) is 0 Å². The van der Waals surface area contributed by atoms with Gasteiger partial charge in [0.1, 0.15) is 5.75 Å². The molecule has 1 aliphatic heterocycles. The molecule has 2 rings (SSSR count). The molecule has 136 valence electrons. The largest absolute Gasteiger partial charge is 0.508 e. The van der Waals surface area contributed by atoms with Crippen LogP contribution in [0.5, 0.6) is 5.75 Å². The standard InChI is InChI=1S/C18H23BrN2O4/c1-4-5-6-13-15(17(23)25-10(2)3)16(21-18(24)20-13)12-9-11(19)7-8-14(12)22/h7-10,16,22H,4-6H2,1-3H3,(H2,20,21,24). The first-order chi connectivity index (χ1) is 11.8. The Bertz CT molecular complexity index is 700. The summed E-state index contributed by atoms with van der Waals surface area (Å²) in [6.07, 6.45) is 2.01. The molecule has 1 unspecified atom stereocenters. The van der Waals surface area contributed by atoms with Gasteiger partial charge in [0.15, 0.2) is 0 Å².